The van der Waals surface area contributed by atoms with Gasteiger partial charge < -0.3 is 19.5 Å². The summed E-state index contributed by atoms with van der Waals surface area (Å²) in [7, 11) is 0. The van der Waals surface area contributed by atoms with Crippen LogP contribution in [0.3, 0.4) is 0 Å². The summed E-state index contributed by atoms with van der Waals surface area (Å²) in [6.45, 7) is 5.23. The Kier molecular flexibility index (Phi) is 5.01. The molecular formula is C16H19ClN4O3. The molecule has 24 heavy (non-hydrogen) atoms. The molecule has 1 aromatic carbocycles. The van der Waals surface area contributed by atoms with Crippen molar-refractivity contribution in [2.75, 3.05) is 25.0 Å². The monoisotopic (exact) mass is 350 g/mol. The highest BCUT2D eigenvalue weighted by atomic mass is 35.5. The first-order chi connectivity index (χ1) is 11.5. The highest BCUT2D eigenvalue weighted by Gasteiger charge is 2.29. The van der Waals surface area contributed by atoms with Gasteiger partial charge in [0.05, 0.1) is 13.2 Å². The summed E-state index contributed by atoms with van der Waals surface area (Å²) in [6, 6.07) is 6.82. The number of carbonyl (C=O) groups excluding carboxylic acids is 1. The maximum atomic E-state index is 12.4. The number of hydrogen-bond acceptors (Lipinski definition) is 5. The maximum Gasteiger partial charge on any atom is 0.322 e. The van der Waals surface area contributed by atoms with Gasteiger partial charge in [0.2, 0.25) is 11.7 Å². The Morgan fingerprint density at radius 2 is 2.29 bits per heavy atom. The Hall–Kier alpha value is -2.12. The molecule has 1 aliphatic rings. The quantitative estimate of drug-likeness (QED) is 0.916. The van der Waals surface area contributed by atoms with Gasteiger partial charge in [-0.2, -0.15) is 4.98 Å². The molecule has 0 aliphatic carbocycles. The van der Waals surface area contributed by atoms with Gasteiger partial charge in [-0.3, -0.25) is 0 Å². The fourth-order valence-corrected chi connectivity index (χ4v) is 2.56. The summed E-state index contributed by atoms with van der Waals surface area (Å²) >= 11 is 5.93. The predicted octanol–water partition coefficient (Wildman–Crippen LogP) is 3.45. The van der Waals surface area contributed by atoms with Gasteiger partial charge in [0.15, 0.2) is 0 Å². The van der Waals surface area contributed by atoms with Crippen molar-refractivity contribution in [2.45, 2.75) is 25.9 Å². The molecule has 0 spiro atoms. The van der Waals surface area contributed by atoms with Gasteiger partial charge in [-0.1, -0.05) is 36.7 Å². The van der Waals surface area contributed by atoms with Crippen LogP contribution in [0.25, 0.3) is 0 Å². The first kappa shape index (κ1) is 16.7. The van der Waals surface area contributed by atoms with Crippen LogP contribution in [0.5, 0.6) is 0 Å². The average Bonchev–Trinajstić information content (AvgIpc) is 3.05. The number of morpholine rings is 1. The number of nitrogens with one attached hydrogen (secondary N) is 1. The van der Waals surface area contributed by atoms with E-state index in [9.17, 15) is 4.79 Å². The number of halogens is 1. The van der Waals surface area contributed by atoms with E-state index in [4.69, 9.17) is 20.9 Å². The zero-order valence-electron chi connectivity index (χ0n) is 13.5. The lowest BCUT2D eigenvalue weighted by Gasteiger charge is -2.31. The minimum Gasteiger partial charge on any atom is -0.366 e. The molecule has 8 heteroatoms. The second-order valence-electron chi connectivity index (χ2n) is 5.89. The van der Waals surface area contributed by atoms with Gasteiger partial charge >= 0.3 is 6.03 Å². The summed E-state index contributed by atoms with van der Waals surface area (Å²) in [6.07, 6.45) is -0.389. The van der Waals surface area contributed by atoms with Gasteiger partial charge in [0.1, 0.15) is 6.10 Å². The first-order valence-corrected chi connectivity index (χ1v) is 8.17. The minimum atomic E-state index is -0.389. The first-order valence-electron chi connectivity index (χ1n) is 7.79. The summed E-state index contributed by atoms with van der Waals surface area (Å²) in [4.78, 5) is 18.4. The molecule has 1 aromatic heterocycles. The fourth-order valence-electron chi connectivity index (χ4n) is 2.37. The fraction of sp³-hybridized carbons (Fsp3) is 0.438. The number of carbonyl (C=O) groups is 1. The van der Waals surface area contributed by atoms with Crippen LogP contribution in [0, 0.1) is 0 Å². The normalized spacial score (nSPS) is 18.0. The van der Waals surface area contributed by atoms with Crippen molar-refractivity contribution in [3.05, 3.63) is 41.0 Å². The molecule has 2 heterocycles. The van der Waals surface area contributed by atoms with Crippen LogP contribution in [-0.4, -0.2) is 40.8 Å². The van der Waals surface area contributed by atoms with E-state index in [0.717, 1.165) is 0 Å². The van der Waals surface area contributed by atoms with Crippen molar-refractivity contribution in [3.63, 3.8) is 0 Å². The van der Waals surface area contributed by atoms with E-state index in [0.29, 0.717) is 42.1 Å². The highest BCUT2D eigenvalue weighted by molar-refractivity contribution is 6.30. The van der Waals surface area contributed by atoms with Gasteiger partial charge in [0, 0.05) is 23.2 Å². The third kappa shape index (κ3) is 3.85. The number of aromatic nitrogens is 2. The van der Waals surface area contributed by atoms with Crippen molar-refractivity contribution in [1.82, 2.24) is 15.0 Å². The molecule has 0 unspecified atom stereocenters. The van der Waals surface area contributed by atoms with Crippen molar-refractivity contribution in [2.24, 2.45) is 0 Å². The van der Waals surface area contributed by atoms with Gasteiger partial charge in [-0.15, -0.1) is 0 Å². The number of benzene rings is 1. The zero-order valence-corrected chi connectivity index (χ0v) is 14.3. The molecular weight excluding hydrogens is 332 g/mol. The summed E-state index contributed by atoms with van der Waals surface area (Å²) in [5.41, 5.74) is 0.650. The number of anilines is 1. The SMILES string of the molecule is CC(C)c1nc([C@@H]2CN(C(=O)Nc3cccc(Cl)c3)CCO2)no1. The Labute approximate surface area is 144 Å². The molecule has 1 atom stereocenters. The van der Waals surface area contributed by atoms with Crippen LogP contribution in [0.1, 0.15) is 37.6 Å². The Bertz CT molecular complexity index is 719. The van der Waals surface area contributed by atoms with Crippen molar-refractivity contribution in [1.29, 1.82) is 0 Å². The lowest BCUT2D eigenvalue weighted by Crippen LogP contribution is -2.44. The van der Waals surface area contributed by atoms with Gasteiger partial charge in [0.25, 0.3) is 0 Å². The number of nitrogens with zero attached hydrogens (tertiary/aromatic N) is 3. The molecule has 1 aliphatic heterocycles. The molecule has 1 fully saturated rings. The van der Waals surface area contributed by atoms with Crippen LogP contribution in [0.4, 0.5) is 10.5 Å². The Balaban J connectivity index is 1.65. The lowest BCUT2D eigenvalue weighted by molar-refractivity contribution is -0.0190. The van der Waals surface area contributed by atoms with E-state index in [1.165, 1.54) is 0 Å². The maximum absolute atomic E-state index is 12.4. The van der Waals surface area contributed by atoms with Crippen LogP contribution in [0.2, 0.25) is 5.02 Å². The predicted molar refractivity (Wildman–Crippen MR) is 89.1 cm³/mol. The van der Waals surface area contributed by atoms with E-state index in [1.807, 2.05) is 13.8 Å². The summed E-state index contributed by atoms with van der Waals surface area (Å²) in [5, 5.41) is 7.36. The molecule has 2 aromatic rings. The minimum absolute atomic E-state index is 0.150. The van der Waals surface area contributed by atoms with Gasteiger partial charge in [-0.25, -0.2) is 4.79 Å². The zero-order chi connectivity index (χ0) is 17.1. The van der Waals surface area contributed by atoms with Crippen molar-refractivity contribution in [3.8, 4) is 0 Å². The smallest absolute Gasteiger partial charge is 0.322 e. The molecule has 128 valence electrons. The number of ether oxygens (including phenoxy) is 1. The highest BCUT2D eigenvalue weighted by Crippen LogP contribution is 2.23. The van der Waals surface area contributed by atoms with E-state index < -0.39 is 0 Å². The third-order valence-corrected chi connectivity index (χ3v) is 3.90. The number of hydrogen-bond donors (Lipinski definition) is 1. The molecule has 7 nitrogen and oxygen atoms in total. The van der Waals surface area contributed by atoms with Crippen molar-refractivity contribution >= 4 is 23.3 Å². The van der Waals surface area contributed by atoms with E-state index in [-0.39, 0.29) is 18.1 Å². The second kappa shape index (κ2) is 7.19. The van der Waals surface area contributed by atoms with E-state index in [2.05, 4.69) is 15.5 Å². The average molecular weight is 351 g/mol. The number of amides is 2. The molecule has 0 bridgehead atoms. The molecule has 1 N–H and O–H groups in total. The molecule has 0 radical (unpaired) electrons. The number of urea groups is 1. The lowest BCUT2D eigenvalue weighted by atomic mass is 10.2. The molecule has 1 saturated heterocycles. The summed E-state index contributed by atoms with van der Waals surface area (Å²) in [5.74, 6) is 1.19. The second-order valence-corrected chi connectivity index (χ2v) is 6.33. The van der Waals surface area contributed by atoms with Gasteiger partial charge in [-0.05, 0) is 18.2 Å². The standard InChI is InChI=1S/C16H19ClN4O3/c1-10(2)15-19-14(20-24-15)13-9-21(6-7-23-13)16(22)18-12-5-3-4-11(17)8-12/h3-5,8,10,13H,6-7,9H2,1-2H3,(H,18,22)/t13-/m0/s1. The number of rotatable bonds is 3. The van der Waals surface area contributed by atoms with Crippen LogP contribution < -0.4 is 5.32 Å². The molecule has 3 rings (SSSR count). The topological polar surface area (TPSA) is 80.5 Å². The summed E-state index contributed by atoms with van der Waals surface area (Å²) < 4.78 is 10.9. The molecule has 2 amide bonds. The van der Waals surface area contributed by atoms with Crippen LogP contribution >= 0.6 is 11.6 Å². The van der Waals surface area contributed by atoms with Crippen LogP contribution in [-0.2, 0) is 4.74 Å². The van der Waals surface area contributed by atoms with E-state index >= 15 is 0 Å². The molecule has 0 saturated carbocycles. The van der Waals surface area contributed by atoms with Crippen LogP contribution in [0.15, 0.2) is 28.8 Å². The van der Waals surface area contributed by atoms with Crippen molar-refractivity contribution < 1.29 is 14.1 Å². The third-order valence-electron chi connectivity index (χ3n) is 3.67. The Morgan fingerprint density at radius 3 is 3.00 bits per heavy atom. The largest absolute Gasteiger partial charge is 0.366 e. The van der Waals surface area contributed by atoms with E-state index in [1.54, 1.807) is 29.2 Å². The Morgan fingerprint density at radius 1 is 1.46 bits per heavy atom.